The Morgan fingerprint density at radius 2 is 1.97 bits per heavy atom. The molecule has 8 heteroatoms. The summed E-state index contributed by atoms with van der Waals surface area (Å²) >= 11 is 0. The second-order valence-corrected chi connectivity index (χ2v) is 7.76. The van der Waals surface area contributed by atoms with E-state index in [2.05, 4.69) is 21.5 Å². The monoisotopic (exact) mass is 441 g/mol. The second-order valence-electron chi connectivity index (χ2n) is 7.76. The molecule has 1 saturated heterocycles. The fourth-order valence-corrected chi connectivity index (χ4v) is 3.80. The summed E-state index contributed by atoms with van der Waals surface area (Å²) in [6.07, 6.45) is 6.87. The molecule has 0 aliphatic carbocycles. The van der Waals surface area contributed by atoms with Gasteiger partial charge in [-0.1, -0.05) is 6.07 Å². The summed E-state index contributed by atoms with van der Waals surface area (Å²) in [6.45, 7) is 1.90. The number of pyridine rings is 1. The number of nitriles is 1. The average molecular weight is 441 g/mol. The van der Waals surface area contributed by atoms with Gasteiger partial charge in [-0.15, -0.1) is 0 Å². The molecule has 4 heterocycles. The molecule has 0 bridgehead atoms. The van der Waals surface area contributed by atoms with E-state index in [4.69, 9.17) is 13.9 Å². The van der Waals surface area contributed by atoms with Crippen LogP contribution < -0.4 is 10.1 Å². The zero-order valence-electron chi connectivity index (χ0n) is 18.0. The van der Waals surface area contributed by atoms with Gasteiger partial charge >= 0.3 is 0 Å². The Morgan fingerprint density at radius 1 is 1.09 bits per heavy atom. The van der Waals surface area contributed by atoms with Crippen molar-refractivity contribution in [2.45, 2.75) is 25.5 Å². The van der Waals surface area contributed by atoms with Crippen molar-refractivity contribution in [3.05, 3.63) is 78.5 Å². The predicted molar refractivity (Wildman–Crippen MR) is 122 cm³/mol. The summed E-state index contributed by atoms with van der Waals surface area (Å²) in [6, 6.07) is 17.5. The maximum absolute atomic E-state index is 9.68. The van der Waals surface area contributed by atoms with E-state index in [1.807, 2.05) is 53.2 Å². The van der Waals surface area contributed by atoms with Crippen LogP contribution >= 0.6 is 0 Å². The van der Waals surface area contributed by atoms with E-state index in [0.717, 1.165) is 35.5 Å². The molecular formula is C25H23N5O3. The zero-order valence-corrected chi connectivity index (χ0v) is 18.0. The number of ether oxygens (including phenoxy) is 2. The van der Waals surface area contributed by atoms with Crippen LogP contribution in [0.4, 0.5) is 11.6 Å². The molecule has 0 radical (unpaired) electrons. The van der Waals surface area contributed by atoms with Gasteiger partial charge in [0, 0.05) is 25.1 Å². The largest absolute Gasteiger partial charge is 0.489 e. The van der Waals surface area contributed by atoms with E-state index in [0.29, 0.717) is 36.9 Å². The molecule has 0 unspecified atom stereocenters. The molecule has 166 valence electrons. The average Bonchev–Trinajstić information content (AvgIpc) is 3.53. The summed E-state index contributed by atoms with van der Waals surface area (Å²) in [7, 11) is 0. The van der Waals surface area contributed by atoms with Crippen LogP contribution in [-0.2, 0) is 11.3 Å². The van der Waals surface area contributed by atoms with Crippen molar-refractivity contribution in [2.75, 3.05) is 18.5 Å². The highest BCUT2D eigenvalue weighted by molar-refractivity contribution is 5.70. The molecule has 4 aromatic rings. The smallest absolute Gasteiger partial charge is 0.137 e. The number of benzene rings is 1. The number of hydrogen-bond donors (Lipinski definition) is 1. The van der Waals surface area contributed by atoms with Gasteiger partial charge in [0.15, 0.2) is 0 Å². The van der Waals surface area contributed by atoms with Crippen LogP contribution in [-0.4, -0.2) is 34.1 Å². The lowest BCUT2D eigenvalue weighted by Crippen LogP contribution is -2.26. The van der Waals surface area contributed by atoms with E-state index >= 15 is 0 Å². The first-order valence-corrected chi connectivity index (χ1v) is 10.8. The number of hydrogen-bond acceptors (Lipinski definition) is 7. The summed E-state index contributed by atoms with van der Waals surface area (Å²) in [5.41, 5.74) is 2.38. The Bertz CT molecular complexity index is 1250. The van der Waals surface area contributed by atoms with E-state index in [9.17, 15) is 5.26 Å². The Labute approximate surface area is 191 Å². The lowest BCUT2D eigenvalue weighted by Gasteiger charge is -2.23. The Hall–Kier alpha value is -4.09. The molecule has 0 amide bonds. The summed E-state index contributed by atoms with van der Waals surface area (Å²) < 4.78 is 18.7. The van der Waals surface area contributed by atoms with Gasteiger partial charge in [-0.05, 0) is 47.5 Å². The van der Waals surface area contributed by atoms with Crippen LogP contribution in [0, 0.1) is 11.3 Å². The Balaban J connectivity index is 1.34. The molecule has 1 N–H and O–H groups in total. The second kappa shape index (κ2) is 9.59. The maximum Gasteiger partial charge on any atom is 0.137 e. The van der Waals surface area contributed by atoms with Gasteiger partial charge in [0.1, 0.15) is 41.9 Å². The van der Waals surface area contributed by atoms with E-state index in [-0.39, 0.29) is 6.10 Å². The van der Waals surface area contributed by atoms with E-state index < -0.39 is 0 Å². The molecule has 1 aliphatic rings. The number of aromatic nitrogens is 3. The van der Waals surface area contributed by atoms with Crippen LogP contribution in [0.25, 0.3) is 11.1 Å². The van der Waals surface area contributed by atoms with Gasteiger partial charge in [0.05, 0.1) is 31.2 Å². The molecule has 0 saturated carbocycles. The Kier molecular flexibility index (Phi) is 6.04. The van der Waals surface area contributed by atoms with Crippen molar-refractivity contribution in [3.63, 3.8) is 0 Å². The lowest BCUT2D eigenvalue weighted by atomic mass is 10.0. The summed E-state index contributed by atoms with van der Waals surface area (Å²) in [5.74, 6) is 2.90. The number of nitrogens with zero attached hydrogens (tertiary/aromatic N) is 4. The molecule has 1 fully saturated rings. The minimum absolute atomic E-state index is 0.0828. The van der Waals surface area contributed by atoms with Crippen LogP contribution in [0.5, 0.6) is 5.75 Å². The molecule has 8 nitrogen and oxygen atoms in total. The van der Waals surface area contributed by atoms with Crippen LogP contribution in [0.3, 0.4) is 0 Å². The minimum Gasteiger partial charge on any atom is -0.489 e. The quantitative estimate of drug-likeness (QED) is 0.441. The predicted octanol–water partition coefficient (Wildman–Crippen LogP) is 4.76. The van der Waals surface area contributed by atoms with Gasteiger partial charge < -0.3 is 19.2 Å². The summed E-state index contributed by atoms with van der Waals surface area (Å²) in [4.78, 5) is 4.44. The third-order valence-corrected chi connectivity index (χ3v) is 5.51. The molecule has 1 aromatic carbocycles. The van der Waals surface area contributed by atoms with Crippen molar-refractivity contribution >= 4 is 11.6 Å². The van der Waals surface area contributed by atoms with Crippen molar-refractivity contribution in [2.24, 2.45) is 0 Å². The van der Waals surface area contributed by atoms with Crippen molar-refractivity contribution in [1.82, 2.24) is 14.8 Å². The molecule has 0 spiro atoms. The van der Waals surface area contributed by atoms with E-state index in [1.54, 1.807) is 18.7 Å². The third kappa shape index (κ3) is 4.89. The fraction of sp³-hybridized carbons (Fsp3) is 0.240. The normalized spacial score (nSPS) is 14.0. The number of rotatable bonds is 7. The number of anilines is 2. The van der Waals surface area contributed by atoms with Crippen molar-refractivity contribution in [3.8, 4) is 22.9 Å². The number of furan rings is 1. The molecule has 33 heavy (non-hydrogen) atoms. The topological polar surface area (TPSA) is 98.1 Å². The molecule has 1 aliphatic heterocycles. The molecule has 3 aromatic heterocycles. The van der Waals surface area contributed by atoms with Gasteiger partial charge in [-0.2, -0.15) is 10.4 Å². The lowest BCUT2D eigenvalue weighted by molar-refractivity contribution is 0.0254. The first-order valence-electron chi connectivity index (χ1n) is 10.8. The Morgan fingerprint density at radius 3 is 2.79 bits per heavy atom. The van der Waals surface area contributed by atoms with Crippen LogP contribution in [0.1, 0.15) is 24.2 Å². The van der Waals surface area contributed by atoms with Gasteiger partial charge in [-0.25, -0.2) is 9.67 Å². The van der Waals surface area contributed by atoms with Crippen molar-refractivity contribution < 1.29 is 13.9 Å². The molecular weight excluding hydrogens is 418 g/mol. The van der Waals surface area contributed by atoms with Crippen molar-refractivity contribution in [1.29, 1.82) is 5.26 Å². The minimum atomic E-state index is 0.0828. The fourth-order valence-electron chi connectivity index (χ4n) is 3.80. The first-order chi connectivity index (χ1) is 16.3. The van der Waals surface area contributed by atoms with Gasteiger partial charge in [0.2, 0.25) is 0 Å². The molecule has 0 atom stereocenters. The standard InChI is InChI=1S/C25H23N5O3/c26-16-20-14-18(3-4-23(20)33-21-7-12-31-13-8-21)19-5-9-27-24(15-19)29-25-6-10-28-30(25)17-22-2-1-11-32-22/h1-6,9-11,14-15,21H,7-8,12-13,17H2,(H,27,29). The van der Waals surface area contributed by atoms with Crippen LogP contribution in [0.15, 0.2) is 71.6 Å². The highest BCUT2D eigenvalue weighted by atomic mass is 16.5. The third-order valence-electron chi connectivity index (χ3n) is 5.51. The van der Waals surface area contributed by atoms with Gasteiger partial charge in [-0.3, -0.25) is 0 Å². The zero-order chi connectivity index (χ0) is 22.5. The summed E-state index contributed by atoms with van der Waals surface area (Å²) in [5, 5.41) is 17.4. The van der Waals surface area contributed by atoms with Crippen LogP contribution in [0.2, 0.25) is 0 Å². The van der Waals surface area contributed by atoms with E-state index in [1.165, 1.54) is 0 Å². The first kappa shape index (κ1) is 20.8. The highest BCUT2D eigenvalue weighted by Crippen LogP contribution is 2.29. The van der Waals surface area contributed by atoms with Gasteiger partial charge in [0.25, 0.3) is 0 Å². The number of nitrogens with one attached hydrogen (secondary N) is 1. The molecule has 5 rings (SSSR count). The highest BCUT2D eigenvalue weighted by Gasteiger charge is 2.17. The maximum atomic E-state index is 9.68. The SMILES string of the molecule is N#Cc1cc(-c2ccnc(Nc3ccnn3Cc3ccco3)c2)ccc1OC1CCOCC1.